The van der Waals surface area contributed by atoms with Crippen molar-refractivity contribution in [1.82, 2.24) is 4.90 Å². The van der Waals surface area contributed by atoms with E-state index in [1.54, 1.807) is 7.11 Å². The van der Waals surface area contributed by atoms with Crippen LogP contribution in [0.4, 0.5) is 4.79 Å². The van der Waals surface area contributed by atoms with Crippen molar-refractivity contribution in [1.29, 1.82) is 0 Å². The van der Waals surface area contributed by atoms with E-state index in [0.29, 0.717) is 18.1 Å². The normalized spacial score (nSPS) is 15.4. The number of nitrogens with zero attached hydrogens (tertiary/aromatic N) is 1. The first-order chi connectivity index (χ1) is 19.6. The van der Waals surface area contributed by atoms with Crippen molar-refractivity contribution >= 4 is 38.8 Å². The maximum atomic E-state index is 13.9. The van der Waals surface area contributed by atoms with Gasteiger partial charge in [-0.1, -0.05) is 0 Å². The minimum absolute atomic E-state index is 0.0876. The molecule has 4 aromatic rings. The van der Waals surface area contributed by atoms with Gasteiger partial charge >= 0.3 is 248 Å². The Morgan fingerprint density at radius 3 is 2.45 bits per heavy atom. The minimum atomic E-state index is -0.678. The Morgan fingerprint density at radius 2 is 1.73 bits per heavy atom. The van der Waals surface area contributed by atoms with Crippen LogP contribution in [-0.4, -0.2) is 54.2 Å². The van der Waals surface area contributed by atoms with E-state index in [0.717, 1.165) is 22.3 Å². The third kappa shape index (κ3) is 6.37. The average molecular weight is 731 g/mol. The number of amides is 2. The fourth-order valence-electron chi connectivity index (χ4n) is 4.95. The van der Waals surface area contributed by atoms with E-state index < -0.39 is 35.7 Å². The number of ether oxygens (including phenoxy) is 3. The Kier molecular flexibility index (Phi) is 9.14. The Hall–Kier alpha value is -3.68. The Morgan fingerprint density at radius 1 is 0.975 bits per heavy atom. The van der Waals surface area contributed by atoms with Crippen LogP contribution >= 0.6 is 0 Å². The molecule has 1 aliphatic rings. The van der Waals surface area contributed by atoms with Crippen molar-refractivity contribution in [3.8, 4) is 11.5 Å². The van der Waals surface area contributed by atoms with Gasteiger partial charge < -0.3 is 0 Å². The Labute approximate surface area is 246 Å². The van der Waals surface area contributed by atoms with Gasteiger partial charge in [0.2, 0.25) is 0 Å². The Balaban J connectivity index is 1.52. The summed E-state index contributed by atoms with van der Waals surface area (Å²) in [6.45, 7) is 0.519. The third-order valence-corrected chi connectivity index (χ3v) is 9.85. The van der Waals surface area contributed by atoms with Gasteiger partial charge in [0.15, 0.2) is 0 Å². The zero-order chi connectivity index (χ0) is 27.9. The fourth-order valence-corrected chi connectivity index (χ4v) is 6.77. The van der Waals surface area contributed by atoms with Crippen LogP contribution in [0.15, 0.2) is 103 Å². The average Bonchev–Trinajstić information content (AvgIpc) is 3.41. The monoisotopic (exact) mass is 730 g/mol. The van der Waals surface area contributed by atoms with Gasteiger partial charge in [-0.3, -0.25) is 0 Å². The SMILES string of the molecule is COc1ccc([C@@H](CC(=O)N2C(=O)OC[C@@H]2c2ccccc2)c2ccc[c]([Po][CH3])c2)c(OCc2ccccc2)c1. The molecule has 1 fully saturated rings. The predicted molar refractivity (Wildman–Crippen MR) is 155 cm³/mol. The summed E-state index contributed by atoms with van der Waals surface area (Å²) in [7, 11) is 1.62. The van der Waals surface area contributed by atoms with Crippen LogP contribution in [0.3, 0.4) is 0 Å². The van der Waals surface area contributed by atoms with Crippen LogP contribution in [0.5, 0.6) is 11.5 Å². The predicted octanol–water partition coefficient (Wildman–Crippen LogP) is 5.89. The number of carbonyl (C=O) groups is 2. The molecule has 0 aliphatic carbocycles. The summed E-state index contributed by atoms with van der Waals surface area (Å²) in [6.07, 6.45) is -0.520. The molecule has 0 aromatic heterocycles. The molecule has 4 aromatic carbocycles. The molecule has 1 heterocycles. The van der Waals surface area contributed by atoms with Crippen LogP contribution in [0.2, 0.25) is 4.58 Å². The van der Waals surface area contributed by atoms with Crippen molar-refractivity contribution in [2.24, 2.45) is 0 Å². The van der Waals surface area contributed by atoms with E-state index >= 15 is 0 Å². The molecule has 1 aliphatic heterocycles. The van der Waals surface area contributed by atoms with Crippen molar-refractivity contribution in [2.45, 2.75) is 29.6 Å². The van der Waals surface area contributed by atoms with Gasteiger partial charge in [0.05, 0.1) is 0 Å². The van der Waals surface area contributed by atoms with Gasteiger partial charge in [0.25, 0.3) is 0 Å². The first kappa shape index (κ1) is 27.9. The molecular formula is C33H31NO5Po. The van der Waals surface area contributed by atoms with Crippen molar-refractivity contribution < 1.29 is 23.8 Å². The van der Waals surface area contributed by atoms with Crippen LogP contribution in [-0.2, 0) is 16.1 Å². The van der Waals surface area contributed by atoms with Gasteiger partial charge in [0, 0.05) is 0 Å². The molecule has 0 unspecified atom stereocenters. The first-order valence-corrected chi connectivity index (χ1v) is 17.9. The van der Waals surface area contributed by atoms with Gasteiger partial charge in [-0.2, -0.15) is 0 Å². The molecule has 0 N–H and O–H groups in total. The van der Waals surface area contributed by atoms with Crippen molar-refractivity contribution in [3.63, 3.8) is 0 Å². The second-order valence-electron chi connectivity index (χ2n) is 9.48. The zero-order valence-electron chi connectivity index (χ0n) is 22.5. The molecule has 0 spiro atoms. The zero-order valence-corrected chi connectivity index (χ0v) is 25.7. The summed E-state index contributed by atoms with van der Waals surface area (Å²) in [5.74, 6) is 0.693. The molecular weight excluding hydrogens is 699 g/mol. The van der Waals surface area contributed by atoms with Crippen LogP contribution in [0.1, 0.15) is 40.6 Å². The van der Waals surface area contributed by atoms with Crippen molar-refractivity contribution in [2.75, 3.05) is 13.7 Å². The topological polar surface area (TPSA) is 65.1 Å². The van der Waals surface area contributed by atoms with E-state index in [4.69, 9.17) is 14.2 Å². The second kappa shape index (κ2) is 13.1. The van der Waals surface area contributed by atoms with Crippen molar-refractivity contribution in [3.05, 3.63) is 125 Å². The molecule has 40 heavy (non-hydrogen) atoms. The number of hydrogen-bond donors (Lipinski definition) is 0. The maximum absolute atomic E-state index is 13.9. The second-order valence-corrected chi connectivity index (χ2v) is 12.9. The van der Waals surface area contributed by atoms with E-state index in [-0.39, 0.29) is 24.9 Å². The summed E-state index contributed by atoms with van der Waals surface area (Å²) < 4.78 is 20.8. The van der Waals surface area contributed by atoms with Gasteiger partial charge in [-0.15, -0.1) is 0 Å². The van der Waals surface area contributed by atoms with E-state index in [9.17, 15) is 9.59 Å². The number of carbonyl (C=O) groups excluding carboxylic acids is 2. The molecule has 7 heteroatoms. The number of hydrogen-bond acceptors (Lipinski definition) is 5. The van der Waals surface area contributed by atoms with E-state index in [1.807, 2.05) is 78.9 Å². The first-order valence-electron chi connectivity index (χ1n) is 13.1. The molecule has 2 amide bonds. The third-order valence-electron chi connectivity index (χ3n) is 7.03. The molecule has 2 atom stereocenters. The molecule has 0 radical (unpaired) electrons. The summed E-state index contributed by atoms with van der Waals surface area (Å²) in [5, 5.41) is 0. The molecule has 5 rings (SSSR count). The summed E-state index contributed by atoms with van der Waals surface area (Å²) in [5.41, 5.74) is 3.79. The number of benzene rings is 4. The molecule has 204 valence electrons. The Bertz CT molecular complexity index is 1460. The van der Waals surface area contributed by atoms with Gasteiger partial charge in [-0.25, -0.2) is 0 Å². The number of rotatable bonds is 10. The summed E-state index contributed by atoms with van der Waals surface area (Å²) >= 11 is -0.678. The standard InChI is InChI=1S/C32H28NO5.CH3.Po/c1-36-26-17-18-27(30(19-26)37-21-23-11-5-2-6-12-23)28(24-13-7-3-8-14-24)20-31(34)33-29(22-38-32(33)35)25-15-9-4-10-16-25;;/h2-7,9-19,28-29H,20-22H2,1H3;1H3;/t28-,29+;;/m0../s1. The van der Waals surface area contributed by atoms with Gasteiger partial charge in [-0.05, 0) is 0 Å². The fraction of sp³-hybridized carbons (Fsp3) is 0.212. The van der Waals surface area contributed by atoms with Gasteiger partial charge in [0.1, 0.15) is 0 Å². The molecule has 0 bridgehead atoms. The quantitative estimate of drug-likeness (QED) is 0.204. The number of imide groups is 1. The number of cyclic esters (lactones) is 1. The molecule has 6 nitrogen and oxygen atoms in total. The van der Waals surface area contributed by atoms with Crippen LogP contribution in [0.25, 0.3) is 0 Å². The van der Waals surface area contributed by atoms with E-state index in [2.05, 4.69) is 28.8 Å². The molecule has 0 saturated carbocycles. The summed E-state index contributed by atoms with van der Waals surface area (Å²) in [4.78, 5) is 28.0. The summed E-state index contributed by atoms with van der Waals surface area (Å²) in [6, 6.07) is 33.2. The molecule has 1 saturated heterocycles. The number of methoxy groups -OCH3 is 1. The van der Waals surface area contributed by atoms with E-state index in [1.165, 1.54) is 8.12 Å². The van der Waals surface area contributed by atoms with Crippen LogP contribution in [0, 0.1) is 0 Å². The van der Waals surface area contributed by atoms with Crippen LogP contribution < -0.4 is 12.7 Å².